The molecule has 2 N–H and O–H groups in total. The standard InChI is InChI=1S/C4H5NO2S2.Na/c5-9(6,7)4-1-2-8-3-4;/h1-3H,(H2,5,6,7);. The van der Waals surface area contributed by atoms with E-state index in [0.717, 1.165) is 0 Å². The van der Waals surface area contributed by atoms with Crippen molar-refractivity contribution < 1.29 is 8.42 Å². The van der Waals surface area contributed by atoms with Crippen LogP contribution in [0.5, 0.6) is 0 Å². The van der Waals surface area contributed by atoms with Crippen LogP contribution in [0.4, 0.5) is 0 Å². The maximum Gasteiger partial charge on any atom is 0.238 e. The molecule has 0 bridgehead atoms. The molecule has 1 rings (SSSR count). The molecule has 6 heteroatoms. The molecule has 0 amide bonds. The number of rotatable bonds is 1. The largest absolute Gasteiger partial charge is 0.238 e. The summed E-state index contributed by atoms with van der Waals surface area (Å²) in [5.41, 5.74) is 0. The molecule has 10 heavy (non-hydrogen) atoms. The number of hydrogen-bond acceptors (Lipinski definition) is 3. The first-order valence-electron chi connectivity index (χ1n) is 2.16. The normalized spacial score (nSPS) is 10.5. The van der Waals surface area contributed by atoms with Gasteiger partial charge in [-0.3, -0.25) is 0 Å². The Morgan fingerprint density at radius 3 is 2.30 bits per heavy atom. The van der Waals surface area contributed by atoms with Crippen molar-refractivity contribution in [2.75, 3.05) is 0 Å². The first kappa shape index (κ1) is 10.6. The van der Waals surface area contributed by atoms with Crippen molar-refractivity contribution in [2.45, 2.75) is 4.90 Å². The molecule has 0 aromatic carbocycles. The molecule has 3 nitrogen and oxygen atoms in total. The Morgan fingerprint density at radius 1 is 1.50 bits per heavy atom. The molecule has 0 aliphatic carbocycles. The van der Waals surface area contributed by atoms with E-state index in [0.29, 0.717) is 0 Å². The van der Waals surface area contributed by atoms with Crippen LogP contribution in [0.3, 0.4) is 0 Å². The predicted octanol–water partition coefficient (Wildman–Crippen LogP) is 0.0147. The van der Waals surface area contributed by atoms with Crippen LogP contribution in [0.25, 0.3) is 0 Å². The van der Waals surface area contributed by atoms with Crippen molar-refractivity contribution in [1.29, 1.82) is 0 Å². The van der Waals surface area contributed by atoms with Crippen molar-refractivity contribution >= 4 is 50.9 Å². The third-order valence-corrected chi connectivity index (χ3v) is 2.57. The van der Waals surface area contributed by atoms with Crippen LogP contribution in [0.15, 0.2) is 21.7 Å². The Morgan fingerprint density at radius 2 is 2.10 bits per heavy atom. The van der Waals surface area contributed by atoms with Crippen LogP contribution in [-0.4, -0.2) is 38.0 Å². The van der Waals surface area contributed by atoms with Crippen molar-refractivity contribution in [3.63, 3.8) is 0 Å². The average Bonchev–Trinajstić information content (AvgIpc) is 2.08. The molecule has 1 radical (unpaired) electrons. The van der Waals surface area contributed by atoms with Gasteiger partial charge in [-0.15, -0.1) is 0 Å². The van der Waals surface area contributed by atoms with Crippen LogP contribution < -0.4 is 5.14 Å². The first-order chi connectivity index (χ1) is 4.11. The zero-order valence-electron chi connectivity index (χ0n) is 5.44. The molecule has 0 unspecified atom stereocenters. The summed E-state index contributed by atoms with van der Waals surface area (Å²) in [5, 5.41) is 7.94. The Bertz CT molecular complexity index is 278. The molecular weight excluding hydrogens is 181 g/mol. The molecule has 0 aliphatic heterocycles. The van der Waals surface area contributed by atoms with Crippen molar-refractivity contribution in [3.8, 4) is 0 Å². The van der Waals surface area contributed by atoms with E-state index in [1.807, 2.05) is 0 Å². The summed E-state index contributed by atoms with van der Waals surface area (Å²) >= 11 is 1.31. The van der Waals surface area contributed by atoms with Gasteiger partial charge < -0.3 is 0 Å². The molecular formula is C4H5NNaO2S2. The minimum atomic E-state index is -3.45. The molecule has 1 aromatic rings. The Kier molecular flexibility index (Phi) is 4.08. The van der Waals surface area contributed by atoms with Gasteiger partial charge in [0.05, 0.1) is 4.90 Å². The zero-order chi connectivity index (χ0) is 6.91. The van der Waals surface area contributed by atoms with E-state index in [1.165, 1.54) is 22.8 Å². The number of sulfonamides is 1. The van der Waals surface area contributed by atoms with Gasteiger partial charge in [-0.2, -0.15) is 11.3 Å². The van der Waals surface area contributed by atoms with Gasteiger partial charge in [0, 0.05) is 34.9 Å². The molecule has 0 spiro atoms. The van der Waals surface area contributed by atoms with Crippen molar-refractivity contribution in [2.24, 2.45) is 5.14 Å². The third kappa shape index (κ3) is 2.69. The van der Waals surface area contributed by atoms with Gasteiger partial charge in [0.25, 0.3) is 0 Å². The molecule has 0 saturated carbocycles. The van der Waals surface area contributed by atoms with Crippen LogP contribution in [-0.2, 0) is 10.0 Å². The summed E-state index contributed by atoms with van der Waals surface area (Å²) < 4.78 is 21.0. The van der Waals surface area contributed by atoms with Gasteiger partial charge >= 0.3 is 0 Å². The third-order valence-electron chi connectivity index (χ3n) is 0.824. The van der Waals surface area contributed by atoms with E-state index >= 15 is 0 Å². The van der Waals surface area contributed by atoms with Gasteiger partial charge in [0.15, 0.2) is 0 Å². The van der Waals surface area contributed by atoms with Gasteiger partial charge in [-0.05, 0) is 11.4 Å². The SMILES string of the molecule is NS(=O)(=O)c1ccsc1.[Na]. The second-order valence-electron chi connectivity index (χ2n) is 1.50. The molecule has 0 atom stereocenters. The maximum absolute atomic E-state index is 10.5. The topological polar surface area (TPSA) is 60.2 Å². The summed E-state index contributed by atoms with van der Waals surface area (Å²) in [6.07, 6.45) is 0. The van der Waals surface area contributed by atoms with Gasteiger partial charge in [-0.25, -0.2) is 13.6 Å². The monoisotopic (exact) mass is 186 g/mol. The molecule has 0 fully saturated rings. The van der Waals surface area contributed by atoms with Gasteiger partial charge in [-0.1, -0.05) is 0 Å². The average molecular weight is 186 g/mol. The van der Waals surface area contributed by atoms with E-state index in [-0.39, 0.29) is 34.5 Å². The van der Waals surface area contributed by atoms with E-state index in [4.69, 9.17) is 5.14 Å². The van der Waals surface area contributed by atoms with Crippen LogP contribution in [0, 0.1) is 0 Å². The summed E-state index contributed by atoms with van der Waals surface area (Å²) in [7, 11) is -3.45. The Hall–Kier alpha value is 0.610. The molecule has 0 aliphatic rings. The molecule has 1 heterocycles. The fourth-order valence-corrected chi connectivity index (χ4v) is 1.98. The minimum absolute atomic E-state index is 0. The quantitative estimate of drug-likeness (QED) is 0.628. The van der Waals surface area contributed by atoms with Crippen molar-refractivity contribution in [3.05, 3.63) is 16.8 Å². The summed E-state index contributed by atoms with van der Waals surface area (Å²) in [6.45, 7) is 0. The molecule has 0 saturated heterocycles. The first-order valence-corrected chi connectivity index (χ1v) is 4.64. The smallest absolute Gasteiger partial charge is 0.225 e. The Labute approximate surface area is 85.6 Å². The predicted molar refractivity (Wildman–Crippen MR) is 41.4 cm³/mol. The van der Waals surface area contributed by atoms with E-state index in [1.54, 1.807) is 5.38 Å². The van der Waals surface area contributed by atoms with Gasteiger partial charge in [0.1, 0.15) is 0 Å². The molecule has 51 valence electrons. The summed E-state index contributed by atoms with van der Waals surface area (Å²) in [5.74, 6) is 0. The van der Waals surface area contributed by atoms with Crippen LogP contribution in [0.1, 0.15) is 0 Å². The number of nitrogens with two attached hydrogens (primary N) is 1. The van der Waals surface area contributed by atoms with E-state index in [2.05, 4.69) is 0 Å². The zero-order valence-corrected chi connectivity index (χ0v) is 9.08. The fourth-order valence-electron chi connectivity index (χ4n) is 0.414. The summed E-state index contributed by atoms with van der Waals surface area (Å²) in [6, 6.07) is 1.47. The number of primary sulfonamides is 1. The second-order valence-corrected chi connectivity index (χ2v) is 3.85. The summed E-state index contributed by atoms with van der Waals surface area (Å²) in [4.78, 5) is 0.188. The van der Waals surface area contributed by atoms with Crippen molar-refractivity contribution in [1.82, 2.24) is 0 Å². The Balaban J connectivity index is 0.000000810. The second kappa shape index (κ2) is 3.85. The van der Waals surface area contributed by atoms with Gasteiger partial charge in [0.2, 0.25) is 10.0 Å². The minimum Gasteiger partial charge on any atom is -0.225 e. The number of hydrogen-bond donors (Lipinski definition) is 1. The molecule has 1 aromatic heterocycles. The fraction of sp³-hybridized carbons (Fsp3) is 0. The van der Waals surface area contributed by atoms with Crippen LogP contribution in [0.2, 0.25) is 0 Å². The number of thiophene rings is 1. The van der Waals surface area contributed by atoms with E-state index in [9.17, 15) is 8.42 Å². The van der Waals surface area contributed by atoms with E-state index < -0.39 is 10.0 Å². The maximum atomic E-state index is 10.5. The van der Waals surface area contributed by atoms with Crippen LogP contribution >= 0.6 is 11.3 Å².